The van der Waals surface area contributed by atoms with E-state index in [4.69, 9.17) is 0 Å². The first-order valence-electron chi connectivity index (χ1n) is 23.6. The molecule has 4 nitrogen and oxygen atoms in total. The fourth-order valence-corrected chi connectivity index (χ4v) is 11.7. The largest absolute Gasteiger partial charge is 0.303 e. The minimum atomic E-state index is 1.32. The number of fused-ring (bicyclic) bond motifs is 14. The van der Waals surface area contributed by atoms with Crippen LogP contribution in [0.25, 0.3) is 0 Å². The molecule has 0 spiro atoms. The van der Waals surface area contributed by atoms with Crippen molar-refractivity contribution in [3.63, 3.8) is 0 Å². The summed E-state index contributed by atoms with van der Waals surface area (Å²) in [6.07, 6.45) is 38.8. The van der Waals surface area contributed by atoms with Crippen molar-refractivity contribution < 1.29 is 0 Å². The summed E-state index contributed by atoms with van der Waals surface area (Å²) in [7, 11) is 0. The molecule has 0 N–H and O–H groups in total. The first-order valence-corrected chi connectivity index (χ1v) is 23.6. The molecule has 0 atom stereocenters. The van der Waals surface area contributed by atoms with E-state index >= 15 is 0 Å². The molecule has 10 aliphatic rings. The molecule has 0 unspecified atom stereocenters. The lowest BCUT2D eigenvalue weighted by Gasteiger charge is -2.37. The molecular formula is C48H80N4. The van der Waals surface area contributed by atoms with Crippen molar-refractivity contribution in [1.29, 1.82) is 0 Å². The van der Waals surface area contributed by atoms with Crippen molar-refractivity contribution in [2.75, 3.05) is 78.5 Å². The SMILES string of the molecule is C1CCCCN2CCCC3=C4CCCN(CCC1)CCCC1=C(CCC2)C2=C1CCCN1CCCCCCCCN(CCCC3=C4CCC1)CCC2. The highest BCUT2D eigenvalue weighted by Crippen LogP contribution is 2.47. The van der Waals surface area contributed by atoms with E-state index in [1.54, 1.807) is 0 Å². The second-order valence-electron chi connectivity index (χ2n) is 18.3. The first-order chi connectivity index (χ1) is 25.8. The molecule has 0 aromatic rings. The van der Waals surface area contributed by atoms with Crippen LogP contribution in [0.1, 0.15) is 180 Å². The van der Waals surface area contributed by atoms with Gasteiger partial charge in [0, 0.05) is 0 Å². The zero-order valence-corrected chi connectivity index (χ0v) is 34.1. The Kier molecular flexibility index (Phi) is 15.9. The maximum Gasteiger partial charge on any atom is -0.00156 e. The molecule has 0 amide bonds. The van der Waals surface area contributed by atoms with Crippen molar-refractivity contribution in [3.05, 3.63) is 44.6 Å². The normalized spacial score (nSPS) is 32.3. The van der Waals surface area contributed by atoms with Crippen LogP contribution in [0, 0.1) is 0 Å². The van der Waals surface area contributed by atoms with E-state index in [9.17, 15) is 0 Å². The first kappa shape index (κ1) is 39.1. The third-order valence-electron chi connectivity index (χ3n) is 14.5. The van der Waals surface area contributed by atoms with Gasteiger partial charge in [0.1, 0.15) is 0 Å². The summed E-state index contributed by atoms with van der Waals surface area (Å²) in [5, 5.41) is 0. The van der Waals surface area contributed by atoms with Crippen LogP contribution in [0.4, 0.5) is 0 Å². The number of hydrogen-bond donors (Lipinski definition) is 0. The standard InChI is InChI=1S/C48H80N4/c1-2-6-10-30-50-35-15-23-43-41-21-13-33-49(29-9-5-1)34-14-22-42-44(24-16-36-50)48-28-20-40-52-32-12-8-4-3-7-11-31-51(38-18-26-46(42)48)37-17-25-45(41)47(43)27-19-39-52/h1-40H2. The van der Waals surface area contributed by atoms with E-state index < -0.39 is 0 Å². The second kappa shape index (κ2) is 21.2. The highest BCUT2D eigenvalue weighted by molar-refractivity contribution is 5.60. The smallest absolute Gasteiger partial charge is 0.00156 e. The molecule has 8 heterocycles. The third-order valence-corrected chi connectivity index (χ3v) is 14.5. The van der Waals surface area contributed by atoms with Crippen LogP contribution >= 0.6 is 0 Å². The van der Waals surface area contributed by atoms with E-state index in [1.807, 2.05) is 44.6 Å². The summed E-state index contributed by atoms with van der Waals surface area (Å²) in [6, 6.07) is 0. The predicted octanol–water partition coefficient (Wildman–Crippen LogP) is 11.4. The maximum atomic E-state index is 2.93. The van der Waals surface area contributed by atoms with Gasteiger partial charge in [0.15, 0.2) is 0 Å². The Hall–Kier alpha value is -1.20. The molecule has 8 aliphatic heterocycles. The molecule has 2 aliphatic carbocycles. The van der Waals surface area contributed by atoms with Crippen LogP contribution in [0.15, 0.2) is 44.6 Å². The van der Waals surface area contributed by atoms with Gasteiger partial charge in [0.2, 0.25) is 0 Å². The Labute approximate surface area is 321 Å². The molecule has 2 saturated heterocycles. The van der Waals surface area contributed by atoms with Gasteiger partial charge in [0.25, 0.3) is 0 Å². The Balaban J connectivity index is 1.26. The van der Waals surface area contributed by atoms with E-state index in [1.165, 1.54) is 258 Å². The van der Waals surface area contributed by atoms with Crippen LogP contribution in [-0.4, -0.2) is 98.1 Å². The lowest BCUT2D eigenvalue weighted by Crippen LogP contribution is -2.31. The third kappa shape index (κ3) is 11.0. The molecular weight excluding hydrogens is 633 g/mol. The summed E-state index contributed by atoms with van der Waals surface area (Å²) in [5.41, 5.74) is 14.9. The van der Waals surface area contributed by atoms with Crippen LogP contribution in [0.3, 0.4) is 0 Å². The highest BCUT2D eigenvalue weighted by Gasteiger charge is 2.31. The quantitative estimate of drug-likeness (QED) is 0.248. The molecule has 10 rings (SSSR count). The van der Waals surface area contributed by atoms with Gasteiger partial charge in [-0.1, -0.05) is 51.4 Å². The number of hydrogen-bond acceptors (Lipinski definition) is 4. The monoisotopic (exact) mass is 713 g/mol. The molecule has 2 fully saturated rings. The van der Waals surface area contributed by atoms with E-state index in [0.29, 0.717) is 0 Å². The Morgan fingerprint density at radius 3 is 0.462 bits per heavy atom. The van der Waals surface area contributed by atoms with Crippen LogP contribution in [0.2, 0.25) is 0 Å². The van der Waals surface area contributed by atoms with Crippen molar-refractivity contribution in [2.24, 2.45) is 0 Å². The van der Waals surface area contributed by atoms with Gasteiger partial charge in [-0.25, -0.2) is 0 Å². The summed E-state index contributed by atoms with van der Waals surface area (Å²) in [6.45, 7) is 15.9. The molecule has 0 aromatic carbocycles. The molecule has 52 heavy (non-hydrogen) atoms. The zero-order valence-electron chi connectivity index (χ0n) is 34.1. The van der Waals surface area contributed by atoms with E-state index in [-0.39, 0.29) is 0 Å². The average molecular weight is 713 g/mol. The molecule has 0 aromatic heterocycles. The number of nitrogens with zero attached hydrogens (tertiary/aromatic N) is 4. The fourth-order valence-electron chi connectivity index (χ4n) is 11.7. The molecule has 0 saturated carbocycles. The van der Waals surface area contributed by atoms with Gasteiger partial charge in [-0.3, -0.25) is 0 Å². The molecule has 4 heteroatoms. The van der Waals surface area contributed by atoms with Gasteiger partial charge in [-0.15, -0.1) is 0 Å². The summed E-state index contributed by atoms with van der Waals surface area (Å²) >= 11 is 0. The van der Waals surface area contributed by atoms with Crippen LogP contribution < -0.4 is 0 Å². The Morgan fingerprint density at radius 1 is 0.154 bits per heavy atom. The maximum absolute atomic E-state index is 2.93. The summed E-state index contributed by atoms with van der Waals surface area (Å²) in [4.78, 5) is 11.7. The van der Waals surface area contributed by atoms with E-state index in [0.717, 1.165) is 0 Å². The topological polar surface area (TPSA) is 13.0 Å². The second-order valence-corrected chi connectivity index (χ2v) is 18.3. The van der Waals surface area contributed by atoms with Crippen molar-refractivity contribution >= 4 is 0 Å². The van der Waals surface area contributed by atoms with Gasteiger partial charge >= 0.3 is 0 Å². The molecule has 0 radical (unpaired) electrons. The lowest BCUT2D eigenvalue weighted by atomic mass is 9.72. The zero-order chi connectivity index (χ0) is 35.2. The minimum absolute atomic E-state index is 1.32. The summed E-state index contributed by atoms with van der Waals surface area (Å²) in [5.74, 6) is 0. The number of allylic oxidation sites excluding steroid dienone is 8. The molecule has 12 bridgehead atoms. The minimum Gasteiger partial charge on any atom is -0.303 e. The lowest BCUT2D eigenvalue weighted by molar-refractivity contribution is 0.249. The highest BCUT2D eigenvalue weighted by atomic mass is 15.1. The Morgan fingerprint density at radius 2 is 0.288 bits per heavy atom. The van der Waals surface area contributed by atoms with Gasteiger partial charge in [0.05, 0.1) is 0 Å². The van der Waals surface area contributed by atoms with Crippen molar-refractivity contribution in [3.8, 4) is 0 Å². The van der Waals surface area contributed by atoms with Gasteiger partial charge in [-0.05, 0) is 252 Å². The van der Waals surface area contributed by atoms with Gasteiger partial charge in [-0.2, -0.15) is 0 Å². The van der Waals surface area contributed by atoms with E-state index in [2.05, 4.69) is 19.6 Å². The van der Waals surface area contributed by atoms with Crippen molar-refractivity contribution in [1.82, 2.24) is 19.6 Å². The Bertz CT molecular complexity index is 967. The summed E-state index contributed by atoms with van der Waals surface area (Å²) < 4.78 is 0. The fraction of sp³-hybridized carbons (Fsp3) is 0.833. The van der Waals surface area contributed by atoms with Crippen molar-refractivity contribution in [2.45, 2.75) is 180 Å². The van der Waals surface area contributed by atoms with Crippen LogP contribution in [0.5, 0.6) is 0 Å². The number of rotatable bonds is 0. The predicted molar refractivity (Wildman–Crippen MR) is 223 cm³/mol. The molecule has 292 valence electrons. The average Bonchev–Trinajstić information content (AvgIpc) is 3.13. The van der Waals surface area contributed by atoms with Gasteiger partial charge < -0.3 is 19.6 Å². The van der Waals surface area contributed by atoms with Crippen LogP contribution in [-0.2, 0) is 0 Å².